The molecule has 1 saturated heterocycles. The number of nitrogens with zero attached hydrogens (tertiary/aromatic N) is 1. The van der Waals surface area contributed by atoms with Crippen molar-refractivity contribution in [2.24, 2.45) is 5.73 Å². The maximum Gasteiger partial charge on any atom is 0.161 e. The van der Waals surface area contributed by atoms with Gasteiger partial charge in [-0.15, -0.1) is 0 Å². The number of methoxy groups -OCH3 is 3. The Morgan fingerprint density at radius 3 is 2.12 bits per heavy atom. The summed E-state index contributed by atoms with van der Waals surface area (Å²) in [6.07, 6.45) is 3.49. The standard InChI is InChI=1S/C25H30N2O4.CH4/c1-29-23-11-18-17(10-22(23)28)21-14-27(8-6-26)7-4-5-15(27)9-16(21)19-12-24(30-2)25(31-3)13-20(18)19;/h10-13,15H,4-9,14,26H2,1-3H3;1H4/p+1. The molecule has 3 aromatic carbocycles. The molecule has 0 radical (unpaired) electrons. The van der Waals surface area contributed by atoms with Crippen LogP contribution in [0.25, 0.3) is 21.5 Å². The quantitative estimate of drug-likeness (QED) is 0.457. The van der Waals surface area contributed by atoms with Gasteiger partial charge in [-0.1, -0.05) is 7.43 Å². The molecule has 0 spiro atoms. The summed E-state index contributed by atoms with van der Waals surface area (Å²) in [5.74, 6) is 2.09. The minimum Gasteiger partial charge on any atom is -0.504 e. The first-order valence-corrected chi connectivity index (χ1v) is 11.0. The highest BCUT2D eigenvalue weighted by Crippen LogP contribution is 2.47. The fourth-order valence-electron chi connectivity index (χ4n) is 6.08. The van der Waals surface area contributed by atoms with Gasteiger partial charge in [0.15, 0.2) is 23.0 Å². The van der Waals surface area contributed by atoms with Gasteiger partial charge in [0.2, 0.25) is 0 Å². The largest absolute Gasteiger partial charge is 0.504 e. The van der Waals surface area contributed by atoms with E-state index in [0.717, 1.165) is 45.9 Å². The molecule has 2 aliphatic heterocycles. The van der Waals surface area contributed by atoms with Crippen molar-refractivity contribution in [1.82, 2.24) is 0 Å². The van der Waals surface area contributed by atoms with E-state index in [1.807, 2.05) is 12.1 Å². The van der Waals surface area contributed by atoms with Gasteiger partial charge in [-0.2, -0.15) is 0 Å². The maximum atomic E-state index is 10.6. The molecule has 0 aliphatic carbocycles. The summed E-state index contributed by atoms with van der Waals surface area (Å²) >= 11 is 0. The van der Waals surface area contributed by atoms with Gasteiger partial charge in [-0.3, -0.25) is 0 Å². The van der Waals surface area contributed by atoms with Crippen LogP contribution in [0.4, 0.5) is 0 Å². The Bertz CT molecular complexity index is 1180. The van der Waals surface area contributed by atoms with Crippen LogP contribution in [-0.4, -0.2) is 56.6 Å². The first-order valence-electron chi connectivity index (χ1n) is 11.0. The molecule has 2 atom stereocenters. The summed E-state index contributed by atoms with van der Waals surface area (Å²) in [5, 5.41) is 15.1. The van der Waals surface area contributed by atoms with Gasteiger partial charge in [-0.25, -0.2) is 0 Å². The molecule has 6 nitrogen and oxygen atoms in total. The van der Waals surface area contributed by atoms with Crippen molar-refractivity contribution < 1.29 is 23.8 Å². The van der Waals surface area contributed by atoms with Crippen molar-refractivity contribution in [3.8, 4) is 23.0 Å². The third-order valence-electron chi connectivity index (χ3n) is 7.55. The fourth-order valence-corrected chi connectivity index (χ4v) is 6.08. The van der Waals surface area contributed by atoms with Gasteiger partial charge in [0, 0.05) is 31.4 Å². The van der Waals surface area contributed by atoms with Crippen LogP contribution in [0.15, 0.2) is 24.3 Å². The van der Waals surface area contributed by atoms with E-state index in [-0.39, 0.29) is 13.2 Å². The predicted molar refractivity (Wildman–Crippen MR) is 129 cm³/mol. The highest BCUT2D eigenvalue weighted by atomic mass is 16.5. The molecule has 6 heteroatoms. The van der Waals surface area contributed by atoms with Crippen molar-refractivity contribution in [1.29, 1.82) is 0 Å². The van der Waals surface area contributed by atoms with Crippen molar-refractivity contribution in [3.63, 3.8) is 0 Å². The average Bonchev–Trinajstić information content (AvgIpc) is 3.19. The van der Waals surface area contributed by atoms with Crippen molar-refractivity contribution in [3.05, 3.63) is 35.4 Å². The van der Waals surface area contributed by atoms with Crippen molar-refractivity contribution >= 4 is 21.5 Å². The molecule has 3 aromatic rings. The van der Waals surface area contributed by atoms with Gasteiger partial charge in [0.25, 0.3) is 0 Å². The normalized spacial score (nSPS) is 21.7. The number of quaternary nitrogens is 1. The number of aromatic hydroxyl groups is 1. The monoisotopic (exact) mass is 439 g/mol. The summed E-state index contributed by atoms with van der Waals surface area (Å²) in [6, 6.07) is 8.58. The van der Waals surface area contributed by atoms with E-state index in [4.69, 9.17) is 19.9 Å². The zero-order valence-corrected chi connectivity index (χ0v) is 18.5. The molecular formula is C26H35N2O4+. The molecule has 172 valence electrons. The third kappa shape index (κ3) is 3.16. The van der Waals surface area contributed by atoms with Crippen LogP contribution in [0.2, 0.25) is 0 Å². The molecule has 0 bridgehead atoms. The first-order chi connectivity index (χ1) is 15.0. The van der Waals surface area contributed by atoms with E-state index in [2.05, 4.69) is 12.1 Å². The van der Waals surface area contributed by atoms with E-state index >= 15 is 0 Å². The summed E-state index contributed by atoms with van der Waals surface area (Å²) in [4.78, 5) is 0. The maximum absolute atomic E-state index is 10.6. The lowest BCUT2D eigenvalue weighted by Crippen LogP contribution is -2.56. The van der Waals surface area contributed by atoms with Crippen LogP contribution in [0, 0.1) is 0 Å². The van der Waals surface area contributed by atoms with Crippen LogP contribution >= 0.6 is 0 Å². The zero-order chi connectivity index (χ0) is 21.8. The van der Waals surface area contributed by atoms with Crippen LogP contribution < -0.4 is 19.9 Å². The summed E-state index contributed by atoms with van der Waals surface area (Å²) in [7, 11) is 4.92. The lowest BCUT2D eigenvalue weighted by Gasteiger charge is -2.44. The van der Waals surface area contributed by atoms with Gasteiger partial charge < -0.3 is 29.5 Å². The minimum atomic E-state index is 0. The van der Waals surface area contributed by atoms with Crippen molar-refractivity contribution in [2.75, 3.05) is 41.0 Å². The molecule has 0 saturated carbocycles. The van der Waals surface area contributed by atoms with Gasteiger partial charge in [0.1, 0.15) is 6.54 Å². The Hall–Kier alpha value is -2.70. The second-order valence-electron chi connectivity index (χ2n) is 8.89. The number of phenols is 1. The molecule has 32 heavy (non-hydrogen) atoms. The highest BCUT2D eigenvalue weighted by molar-refractivity contribution is 6.12. The van der Waals surface area contributed by atoms with E-state index in [9.17, 15) is 5.11 Å². The molecule has 5 rings (SSSR count). The van der Waals surface area contributed by atoms with Gasteiger partial charge in [0.05, 0.1) is 40.5 Å². The second-order valence-corrected chi connectivity index (χ2v) is 8.89. The molecule has 2 aliphatic rings. The Morgan fingerprint density at radius 2 is 1.50 bits per heavy atom. The fraction of sp³-hybridized carbons (Fsp3) is 0.462. The number of hydrogen-bond acceptors (Lipinski definition) is 5. The average molecular weight is 440 g/mol. The number of ether oxygens (including phenoxy) is 3. The number of nitrogens with two attached hydrogens (primary N) is 1. The van der Waals surface area contributed by atoms with Crippen LogP contribution in [0.1, 0.15) is 31.4 Å². The zero-order valence-electron chi connectivity index (χ0n) is 18.5. The predicted octanol–water partition coefficient (Wildman–Crippen LogP) is 4.35. The van der Waals surface area contributed by atoms with E-state index in [1.54, 1.807) is 21.3 Å². The highest BCUT2D eigenvalue weighted by Gasteiger charge is 2.45. The smallest absolute Gasteiger partial charge is 0.161 e. The van der Waals surface area contributed by atoms with Crippen LogP contribution in [0.5, 0.6) is 23.0 Å². The lowest BCUT2D eigenvalue weighted by atomic mass is 9.83. The molecular weight excluding hydrogens is 404 g/mol. The second kappa shape index (κ2) is 8.34. The Labute approximate surface area is 190 Å². The molecule has 0 amide bonds. The molecule has 2 heterocycles. The Kier molecular flexibility index (Phi) is 5.86. The van der Waals surface area contributed by atoms with Crippen molar-refractivity contribution in [2.45, 2.75) is 39.3 Å². The van der Waals surface area contributed by atoms with Gasteiger partial charge >= 0.3 is 0 Å². The number of benzene rings is 3. The Balaban J connectivity index is 0.00000245. The number of rotatable bonds is 5. The third-order valence-corrected chi connectivity index (χ3v) is 7.55. The van der Waals surface area contributed by atoms with Crippen LogP contribution in [-0.2, 0) is 13.0 Å². The first kappa shape index (κ1) is 22.5. The summed E-state index contributed by atoms with van der Waals surface area (Å²) < 4.78 is 17.8. The summed E-state index contributed by atoms with van der Waals surface area (Å²) in [5.41, 5.74) is 8.75. The van der Waals surface area contributed by atoms with E-state index in [0.29, 0.717) is 24.1 Å². The van der Waals surface area contributed by atoms with E-state index in [1.165, 1.54) is 35.9 Å². The van der Waals surface area contributed by atoms with E-state index < -0.39 is 0 Å². The van der Waals surface area contributed by atoms with Gasteiger partial charge in [-0.05, 0) is 51.4 Å². The molecule has 2 unspecified atom stereocenters. The lowest BCUT2D eigenvalue weighted by molar-refractivity contribution is -0.952. The van der Waals surface area contributed by atoms with Crippen LogP contribution in [0.3, 0.4) is 0 Å². The Morgan fingerprint density at radius 1 is 0.906 bits per heavy atom. The summed E-state index contributed by atoms with van der Waals surface area (Å²) in [6.45, 7) is 3.82. The number of hydrogen-bond donors (Lipinski definition) is 2. The number of fused-ring (bicyclic) bond motifs is 7. The molecule has 0 aromatic heterocycles. The molecule has 3 N–H and O–H groups in total. The number of phenolic OH excluding ortho intramolecular Hbond substituents is 1. The molecule has 1 fully saturated rings. The minimum absolute atomic E-state index is 0. The SMILES string of the molecule is C.COc1cc2c(cc1O)c1c(c3cc(OC)c(OC)cc32)CC2CCC[N+]2(CCN)C1. The topological polar surface area (TPSA) is 73.9 Å².